The number of anilines is 3. The van der Waals surface area contributed by atoms with E-state index in [0.29, 0.717) is 18.0 Å². The number of aromatic nitrogens is 4. The summed E-state index contributed by atoms with van der Waals surface area (Å²) >= 11 is 0. The Labute approximate surface area is 168 Å². The fourth-order valence-corrected chi connectivity index (χ4v) is 4.15. The van der Waals surface area contributed by atoms with Gasteiger partial charge in [-0.3, -0.25) is 0 Å². The second kappa shape index (κ2) is 8.20. The van der Waals surface area contributed by atoms with Gasteiger partial charge in [0.2, 0.25) is 5.95 Å². The Morgan fingerprint density at radius 2 is 1.62 bits per heavy atom. The van der Waals surface area contributed by atoms with Crippen LogP contribution >= 0.6 is 0 Å². The number of nitrogens with zero attached hydrogens (tertiary/aromatic N) is 5. The van der Waals surface area contributed by atoms with Gasteiger partial charge in [-0.05, 0) is 54.2 Å². The summed E-state index contributed by atoms with van der Waals surface area (Å²) in [5, 5.41) is 15.3. The monoisotopic (exact) mass is 395 g/mol. The van der Waals surface area contributed by atoms with Crippen molar-refractivity contribution in [3.05, 3.63) is 30.6 Å². The highest BCUT2D eigenvalue weighted by atomic mass is 16.6. The van der Waals surface area contributed by atoms with Crippen molar-refractivity contribution in [1.29, 1.82) is 0 Å². The van der Waals surface area contributed by atoms with E-state index in [0.717, 1.165) is 74.4 Å². The zero-order chi connectivity index (χ0) is 19.5. The molecule has 3 heterocycles. The van der Waals surface area contributed by atoms with Crippen LogP contribution in [0.4, 0.5) is 17.3 Å². The summed E-state index contributed by atoms with van der Waals surface area (Å²) < 4.78 is 10.5. The van der Waals surface area contributed by atoms with Crippen molar-refractivity contribution in [2.45, 2.75) is 37.8 Å². The molecular formula is C20H25N7O2. The smallest absolute Gasteiger partial charge is 0.222 e. The predicted molar refractivity (Wildman–Crippen MR) is 110 cm³/mol. The van der Waals surface area contributed by atoms with Gasteiger partial charge in [0.15, 0.2) is 5.52 Å². The Morgan fingerprint density at radius 3 is 2.38 bits per heavy atom. The van der Waals surface area contributed by atoms with Crippen LogP contribution in [0, 0.1) is 0 Å². The number of hydrogen-bond donors (Lipinski definition) is 2. The van der Waals surface area contributed by atoms with Crippen LogP contribution in [-0.4, -0.2) is 58.7 Å². The molecule has 0 atom stereocenters. The van der Waals surface area contributed by atoms with Gasteiger partial charge in [0.05, 0.1) is 18.9 Å². The molecule has 9 heteroatoms. The third kappa shape index (κ3) is 4.09. The van der Waals surface area contributed by atoms with Crippen LogP contribution in [-0.2, 0) is 4.74 Å². The van der Waals surface area contributed by atoms with Crippen molar-refractivity contribution in [2.24, 2.45) is 0 Å². The van der Waals surface area contributed by atoms with Gasteiger partial charge in [0, 0.05) is 43.3 Å². The third-order valence-electron chi connectivity index (χ3n) is 5.71. The van der Waals surface area contributed by atoms with Crippen LogP contribution in [0.3, 0.4) is 0 Å². The van der Waals surface area contributed by atoms with Crippen LogP contribution < -0.4 is 15.5 Å². The van der Waals surface area contributed by atoms with Crippen LogP contribution in [0.15, 0.2) is 35.2 Å². The average Bonchev–Trinajstić information content (AvgIpc) is 3.26. The van der Waals surface area contributed by atoms with Crippen molar-refractivity contribution >= 4 is 28.4 Å². The van der Waals surface area contributed by atoms with Crippen LogP contribution in [0.1, 0.15) is 25.7 Å². The van der Waals surface area contributed by atoms with Crippen LogP contribution in [0.5, 0.6) is 0 Å². The van der Waals surface area contributed by atoms with Gasteiger partial charge in [0.25, 0.3) is 0 Å². The molecule has 0 spiro atoms. The van der Waals surface area contributed by atoms with Crippen molar-refractivity contribution < 1.29 is 9.37 Å². The maximum absolute atomic E-state index is 5.48. The first-order valence-corrected chi connectivity index (χ1v) is 10.2. The molecule has 2 N–H and O–H groups in total. The maximum Gasteiger partial charge on any atom is 0.222 e. The van der Waals surface area contributed by atoms with Crippen LogP contribution in [0.2, 0.25) is 0 Å². The third-order valence-corrected chi connectivity index (χ3v) is 5.71. The number of ether oxygens (including phenoxy) is 1. The van der Waals surface area contributed by atoms with E-state index in [1.165, 1.54) is 0 Å². The number of fused-ring (bicyclic) bond motifs is 1. The quantitative estimate of drug-likeness (QED) is 0.675. The standard InChI is InChI=1S/C20H25N7O2/c1-6-21-20(22-7-1)24-15-4-2-14(3-5-15)23-17-12-16(27-8-10-28-11-9-27)13-18-19(17)26-29-25-18/h1,6-7,12-15,23H,2-5,8-11H2,(H,21,22,24)/t14-,15+. The summed E-state index contributed by atoms with van der Waals surface area (Å²) in [7, 11) is 0. The molecular weight excluding hydrogens is 370 g/mol. The largest absolute Gasteiger partial charge is 0.380 e. The van der Waals surface area contributed by atoms with E-state index in [9.17, 15) is 0 Å². The van der Waals surface area contributed by atoms with Gasteiger partial charge in [0.1, 0.15) is 5.52 Å². The fraction of sp³-hybridized carbons (Fsp3) is 0.500. The van der Waals surface area contributed by atoms with E-state index >= 15 is 0 Å². The molecule has 1 aromatic carbocycles. The summed E-state index contributed by atoms with van der Waals surface area (Å²) in [4.78, 5) is 10.9. The van der Waals surface area contributed by atoms with Crippen molar-refractivity contribution in [3.63, 3.8) is 0 Å². The van der Waals surface area contributed by atoms with E-state index in [2.05, 4.69) is 41.9 Å². The lowest BCUT2D eigenvalue weighted by Gasteiger charge is -2.31. The lowest BCUT2D eigenvalue weighted by molar-refractivity contribution is 0.122. The second-order valence-electron chi connectivity index (χ2n) is 7.63. The van der Waals surface area contributed by atoms with E-state index in [1.807, 2.05) is 12.1 Å². The highest BCUT2D eigenvalue weighted by Crippen LogP contribution is 2.31. The summed E-state index contributed by atoms with van der Waals surface area (Å²) in [6.45, 7) is 3.27. The molecule has 1 saturated carbocycles. The number of benzene rings is 1. The first-order valence-electron chi connectivity index (χ1n) is 10.2. The Kier molecular flexibility index (Phi) is 5.12. The molecule has 0 amide bonds. The van der Waals surface area contributed by atoms with Gasteiger partial charge >= 0.3 is 0 Å². The molecule has 2 aliphatic rings. The summed E-state index contributed by atoms with van der Waals surface area (Å²) in [5.41, 5.74) is 3.71. The van der Waals surface area contributed by atoms with Crippen molar-refractivity contribution in [1.82, 2.24) is 20.3 Å². The van der Waals surface area contributed by atoms with Gasteiger partial charge < -0.3 is 20.3 Å². The van der Waals surface area contributed by atoms with E-state index in [4.69, 9.17) is 9.37 Å². The summed E-state index contributed by atoms with van der Waals surface area (Å²) in [5.74, 6) is 0.706. The molecule has 3 aromatic rings. The minimum atomic E-state index is 0.393. The van der Waals surface area contributed by atoms with Gasteiger partial charge in [-0.25, -0.2) is 14.6 Å². The molecule has 0 bridgehead atoms. The summed E-state index contributed by atoms with van der Waals surface area (Å²) in [6, 6.07) is 6.84. The number of nitrogens with one attached hydrogen (secondary N) is 2. The molecule has 29 heavy (non-hydrogen) atoms. The lowest BCUT2D eigenvalue weighted by Crippen LogP contribution is -2.36. The maximum atomic E-state index is 5.48. The van der Waals surface area contributed by atoms with Gasteiger partial charge in [-0.15, -0.1) is 0 Å². The Bertz CT molecular complexity index is 934. The Balaban J connectivity index is 1.26. The predicted octanol–water partition coefficient (Wildman–Crippen LogP) is 2.68. The molecule has 2 aromatic heterocycles. The molecule has 0 radical (unpaired) electrons. The lowest BCUT2D eigenvalue weighted by atomic mass is 9.91. The minimum absolute atomic E-state index is 0.393. The summed E-state index contributed by atoms with van der Waals surface area (Å²) in [6.07, 6.45) is 7.80. The molecule has 1 aliphatic heterocycles. The average molecular weight is 395 g/mol. The SMILES string of the molecule is c1cnc(N[C@H]2CC[C@@H](Nc3cc(N4CCOCC4)cc4nonc34)CC2)nc1. The van der Waals surface area contributed by atoms with Crippen molar-refractivity contribution in [3.8, 4) is 0 Å². The molecule has 5 rings (SSSR count). The molecule has 1 aliphatic carbocycles. The zero-order valence-electron chi connectivity index (χ0n) is 16.3. The number of morpholine rings is 1. The highest BCUT2D eigenvalue weighted by molar-refractivity contribution is 5.91. The second-order valence-corrected chi connectivity index (χ2v) is 7.63. The van der Waals surface area contributed by atoms with E-state index < -0.39 is 0 Å². The highest BCUT2D eigenvalue weighted by Gasteiger charge is 2.23. The molecule has 9 nitrogen and oxygen atoms in total. The van der Waals surface area contributed by atoms with Crippen LogP contribution in [0.25, 0.3) is 11.0 Å². The normalized spacial score (nSPS) is 22.6. The Hall–Kier alpha value is -2.94. The van der Waals surface area contributed by atoms with Gasteiger partial charge in [-0.1, -0.05) is 0 Å². The Morgan fingerprint density at radius 1 is 0.897 bits per heavy atom. The van der Waals surface area contributed by atoms with E-state index in [1.54, 1.807) is 12.4 Å². The topological polar surface area (TPSA) is 101 Å². The molecule has 0 unspecified atom stereocenters. The molecule has 152 valence electrons. The van der Waals surface area contributed by atoms with Gasteiger partial charge in [-0.2, -0.15) is 0 Å². The molecule has 1 saturated heterocycles. The first kappa shape index (κ1) is 18.1. The minimum Gasteiger partial charge on any atom is -0.380 e. The number of hydrogen-bond acceptors (Lipinski definition) is 9. The molecule has 2 fully saturated rings. The van der Waals surface area contributed by atoms with E-state index in [-0.39, 0.29) is 0 Å². The zero-order valence-corrected chi connectivity index (χ0v) is 16.3. The fourth-order valence-electron chi connectivity index (χ4n) is 4.15. The number of rotatable bonds is 5. The van der Waals surface area contributed by atoms with Crippen molar-refractivity contribution in [2.75, 3.05) is 41.8 Å². The first-order chi connectivity index (χ1) is 14.3.